The highest BCUT2D eigenvalue weighted by molar-refractivity contribution is 5.72. The molecule has 154 valence electrons. The smallest absolute Gasteiger partial charge is 0.305 e. The van der Waals surface area contributed by atoms with Crippen molar-refractivity contribution in [3.63, 3.8) is 0 Å². The van der Waals surface area contributed by atoms with E-state index in [2.05, 4.69) is 20.8 Å². The van der Waals surface area contributed by atoms with E-state index in [1.807, 2.05) is 0 Å². The van der Waals surface area contributed by atoms with Crippen molar-refractivity contribution in [3.05, 3.63) is 0 Å². The van der Waals surface area contributed by atoms with E-state index in [4.69, 9.17) is 9.47 Å². The quantitative estimate of drug-likeness (QED) is 0.212. The molecule has 0 radical (unpaired) electrons. The number of unbranched alkanes of at least 4 members (excludes halogenated alkanes) is 7. The molecule has 0 aromatic heterocycles. The summed E-state index contributed by atoms with van der Waals surface area (Å²) in [5, 5.41) is 0. The van der Waals surface area contributed by atoms with E-state index in [1.54, 1.807) is 0 Å². The Hall–Kier alpha value is -1.06. The van der Waals surface area contributed by atoms with Crippen molar-refractivity contribution in [1.29, 1.82) is 0 Å². The molecule has 0 spiro atoms. The largest absolute Gasteiger partial charge is 0.466 e. The Balaban J connectivity index is 3.52. The summed E-state index contributed by atoms with van der Waals surface area (Å²) in [5.41, 5.74) is 0. The van der Waals surface area contributed by atoms with Crippen molar-refractivity contribution in [2.75, 3.05) is 13.2 Å². The Morgan fingerprint density at radius 3 is 1.88 bits per heavy atom. The van der Waals surface area contributed by atoms with Crippen LogP contribution in [0, 0.1) is 5.92 Å². The van der Waals surface area contributed by atoms with Crippen LogP contribution in [-0.4, -0.2) is 25.2 Å². The van der Waals surface area contributed by atoms with Gasteiger partial charge in [-0.1, -0.05) is 78.6 Å². The molecule has 0 rings (SSSR count). The van der Waals surface area contributed by atoms with E-state index in [0.717, 1.165) is 25.7 Å². The zero-order valence-electron chi connectivity index (χ0n) is 17.5. The number of carbonyl (C=O) groups excluding carboxylic acids is 2. The van der Waals surface area contributed by atoms with Crippen LogP contribution < -0.4 is 0 Å². The van der Waals surface area contributed by atoms with Crippen molar-refractivity contribution in [3.8, 4) is 0 Å². The Kier molecular flexibility index (Phi) is 18.0. The van der Waals surface area contributed by atoms with Gasteiger partial charge in [0.2, 0.25) is 0 Å². The maximum atomic E-state index is 11.8. The molecular formula is C22H42O4. The molecule has 0 aromatic carbocycles. The minimum Gasteiger partial charge on any atom is -0.466 e. The van der Waals surface area contributed by atoms with Gasteiger partial charge in [0.1, 0.15) is 0 Å². The monoisotopic (exact) mass is 370 g/mol. The van der Waals surface area contributed by atoms with Crippen molar-refractivity contribution in [2.24, 2.45) is 5.92 Å². The van der Waals surface area contributed by atoms with Crippen molar-refractivity contribution < 1.29 is 19.1 Å². The lowest BCUT2D eigenvalue weighted by Gasteiger charge is -2.14. The van der Waals surface area contributed by atoms with Gasteiger partial charge in [-0.15, -0.1) is 0 Å². The van der Waals surface area contributed by atoms with Gasteiger partial charge in [-0.3, -0.25) is 9.59 Å². The molecule has 0 aliphatic rings. The molecule has 4 nitrogen and oxygen atoms in total. The molecule has 1 unspecified atom stereocenters. The second-order valence-electron chi connectivity index (χ2n) is 7.29. The van der Waals surface area contributed by atoms with Crippen LogP contribution in [0.3, 0.4) is 0 Å². The molecule has 0 amide bonds. The van der Waals surface area contributed by atoms with Gasteiger partial charge < -0.3 is 9.47 Å². The van der Waals surface area contributed by atoms with Gasteiger partial charge in [0.15, 0.2) is 0 Å². The minimum absolute atomic E-state index is 0.195. The normalized spacial score (nSPS) is 12.0. The predicted octanol–water partition coefficient (Wildman–Crippen LogP) is 6.21. The fourth-order valence-electron chi connectivity index (χ4n) is 2.88. The number of hydrogen-bond acceptors (Lipinski definition) is 4. The highest BCUT2D eigenvalue weighted by atomic mass is 16.5. The molecule has 0 bridgehead atoms. The first-order valence-corrected chi connectivity index (χ1v) is 10.9. The topological polar surface area (TPSA) is 52.6 Å². The Morgan fingerprint density at radius 2 is 1.27 bits per heavy atom. The van der Waals surface area contributed by atoms with E-state index in [1.165, 1.54) is 44.9 Å². The highest BCUT2D eigenvalue weighted by Gasteiger charge is 2.11. The first kappa shape index (κ1) is 24.9. The Bertz CT molecular complexity index is 341. The van der Waals surface area contributed by atoms with Crippen LogP contribution in [0.5, 0.6) is 0 Å². The molecule has 0 aliphatic carbocycles. The van der Waals surface area contributed by atoms with Crippen LogP contribution in [0.4, 0.5) is 0 Å². The van der Waals surface area contributed by atoms with Gasteiger partial charge in [-0.25, -0.2) is 0 Å². The van der Waals surface area contributed by atoms with E-state index in [-0.39, 0.29) is 11.9 Å². The third-order valence-electron chi connectivity index (χ3n) is 4.80. The molecule has 0 N–H and O–H groups in total. The van der Waals surface area contributed by atoms with Gasteiger partial charge in [-0.05, 0) is 25.2 Å². The Morgan fingerprint density at radius 1 is 0.692 bits per heavy atom. The molecule has 0 saturated carbocycles. The average molecular weight is 371 g/mol. The number of ether oxygens (including phenoxy) is 2. The Labute approximate surface area is 161 Å². The maximum absolute atomic E-state index is 11.8. The molecule has 4 heteroatoms. The highest BCUT2D eigenvalue weighted by Crippen LogP contribution is 2.13. The van der Waals surface area contributed by atoms with Crippen molar-refractivity contribution in [2.45, 2.75) is 111 Å². The van der Waals surface area contributed by atoms with E-state index in [9.17, 15) is 9.59 Å². The summed E-state index contributed by atoms with van der Waals surface area (Å²) in [6.07, 6.45) is 14.1. The summed E-state index contributed by atoms with van der Waals surface area (Å²) in [5.74, 6) is 0.0730. The summed E-state index contributed by atoms with van der Waals surface area (Å²) >= 11 is 0. The SMILES string of the molecule is CCCCCCCCCOC(=O)CCCC(=O)OCC(CC)CCCC. The summed E-state index contributed by atoms with van der Waals surface area (Å²) < 4.78 is 10.6. The average Bonchev–Trinajstić information content (AvgIpc) is 2.64. The number of rotatable bonds is 18. The van der Waals surface area contributed by atoms with Crippen molar-refractivity contribution in [1.82, 2.24) is 0 Å². The van der Waals surface area contributed by atoms with Crippen molar-refractivity contribution >= 4 is 11.9 Å². The lowest BCUT2D eigenvalue weighted by molar-refractivity contribution is -0.146. The van der Waals surface area contributed by atoms with E-state index in [0.29, 0.717) is 38.4 Å². The van der Waals surface area contributed by atoms with Gasteiger partial charge in [0, 0.05) is 12.8 Å². The van der Waals surface area contributed by atoms with E-state index < -0.39 is 0 Å². The summed E-state index contributed by atoms with van der Waals surface area (Å²) in [6, 6.07) is 0. The second kappa shape index (κ2) is 18.7. The van der Waals surface area contributed by atoms with Gasteiger partial charge in [-0.2, -0.15) is 0 Å². The maximum Gasteiger partial charge on any atom is 0.305 e. The lowest BCUT2D eigenvalue weighted by atomic mass is 10.0. The summed E-state index contributed by atoms with van der Waals surface area (Å²) in [7, 11) is 0. The van der Waals surface area contributed by atoms with Gasteiger partial charge in [0.25, 0.3) is 0 Å². The summed E-state index contributed by atoms with van der Waals surface area (Å²) in [4.78, 5) is 23.4. The first-order chi connectivity index (χ1) is 12.6. The third kappa shape index (κ3) is 16.4. The van der Waals surface area contributed by atoms with Crippen LogP contribution >= 0.6 is 0 Å². The fraction of sp³-hybridized carbons (Fsp3) is 0.909. The van der Waals surface area contributed by atoms with Gasteiger partial charge in [0.05, 0.1) is 13.2 Å². The zero-order valence-corrected chi connectivity index (χ0v) is 17.5. The lowest BCUT2D eigenvalue weighted by Crippen LogP contribution is -2.14. The van der Waals surface area contributed by atoms with Gasteiger partial charge >= 0.3 is 11.9 Å². The molecule has 1 atom stereocenters. The number of esters is 2. The van der Waals surface area contributed by atoms with Crippen LogP contribution in [0.2, 0.25) is 0 Å². The zero-order chi connectivity index (χ0) is 19.5. The first-order valence-electron chi connectivity index (χ1n) is 10.9. The van der Waals surface area contributed by atoms with Crippen LogP contribution in [-0.2, 0) is 19.1 Å². The predicted molar refractivity (Wildman–Crippen MR) is 107 cm³/mol. The molecule has 0 heterocycles. The van der Waals surface area contributed by atoms with Crippen LogP contribution in [0.25, 0.3) is 0 Å². The second-order valence-corrected chi connectivity index (χ2v) is 7.29. The van der Waals surface area contributed by atoms with Crippen LogP contribution in [0.1, 0.15) is 111 Å². The number of carbonyl (C=O) groups is 2. The molecular weight excluding hydrogens is 328 g/mol. The number of hydrogen-bond donors (Lipinski definition) is 0. The minimum atomic E-state index is -0.196. The summed E-state index contributed by atoms with van der Waals surface area (Å²) in [6.45, 7) is 7.54. The van der Waals surface area contributed by atoms with E-state index >= 15 is 0 Å². The molecule has 0 aromatic rings. The molecule has 26 heavy (non-hydrogen) atoms. The third-order valence-corrected chi connectivity index (χ3v) is 4.80. The molecule has 0 fully saturated rings. The molecule has 0 saturated heterocycles. The molecule has 0 aliphatic heterocycles. The fourth-order valence-corrected chi connectivity index (χ4v) is 2.88. The van der Waals surface area contributed by atoms with Crippen LogP contribution in [0.15, 0.2) is 0 Å². The standard InChI is InChI=1S/C22H42O4/c1-4-7-9-10-11-12-13-18-25-21(23)16-14-17-22(24)26-19-20(6-3)15-8-5-2/h20H,4-19H2,1-3H3.